The van der Waals surface area contributed by atoms with Gasteiger partial charge in [-0.1, -0.05) is 78.9 Å². The molecule has 146 valence electrons. The average molecular weight is 396 g/mol. The lowest BCUT2D eigenvalue weighted by molar-refractivity contribution is 0.795. The minimum Gasteiger partial charge on any atom is -0.399 e. The van der Waals surface area contributed by atoms with Gasteiger partial charge in [-0.25, -0.2) is 0 Å². The second-order valence-electron chi connectivity index (χ2n) is 8.58. The van der Waals surface area contributed by atoms with Gasteiger partial charge in [0.2, 0.25) is 0 Å². The quantitative estimate of drug-likeness (QED) is 0.294. The fourth-order valence-electron chi connectivity index (χ4n) is 6.04. The molecule has 1 spiro atoms. The first-order valence-electron chi connectivity index (χ1n) is 10.6. The number of hydrogen-bond acceptors (Lipinski definition) is 2. The Balaban J connectivity index is 1.77. The highest BCUT2D eigenvalue weighted by molar-refractivity contribution is 6.10. The van der Waals surface area contributed by atoms with E-state index in [4.69, 9.17) is 11.5 Å². The molecule has 2 aliphatic rings. The molecule has 0 saturated carbocycles. The highest BCUT2D eigenvalue weighted by Gasteiger charge is 2.52. The maximum atomic E-state index is 6.66. The van der Waals surface area contributed by atoms with Gasteiger partial charge in [-0.05, 0) is 68.1 Å². The summed E-state index contributed by atoms with van der Waals surface area (Å²) in [6, 6.07) is 34.6. The number of anilines is 2. The zero-order valence-corrected chi connectivity index (χ0v) is 16.9. The third-order valence-electron chi connectivity index (χ3n) is 7.15. The van der Waals surface area contributed by atoms with Crippen molar-refractivity contribution in [2.75, 3.05) is 11.5 Å². The van der Waals surface area contributed by atoms with Gasteiger partial charge >= 0.3 is 0 Å². The predicted octanol–water partition coefficient (Wildman–Crippen LogP) is 6.35. The normalized spacial score (nSPS) is 14.3. The first-order chi connectivity index (χ1) is 15.2. The zero-order chi connectivity index (χ0) is 20.7. The summed E-state index contributed by atoms with van der Waals surface area (Å²) in [5, 5.41) is 2.29. The summed E-state index contributed by atoms with van der Waals surface area (Å²) in [5.74, 6) is 0. The molecule has 5 aromatic rings. The average Bonchev–Trinajstić information content (AvgIpc) is 3.26. The molecule has 0 aromatic heterocycles. The van der Waals surface area contributed by atoms with Crippen molar-refractivity contribution in [3.63, 3.8) is 0 Å². The third-order valence-corrected chi connectivity index (χ3v) is 7.15. The molecule has 7 rings (SSSR count). The van der Waals surface area contributed by atoms with E-state index in [-0.39, 0.29) is 0 Å². The minimum absolute atomic E-state index is 0.411. The summed E-state index contributed by atoms with van der Waals surface area (Å²) in [4.78, 5) is 0. The van der Waals surface area contributed by atoms with Crippen molar-refractivity contribution in [3.05, 3.63) is 119 Å². The van der Waals surface area contributed by atoms with Crippen molar-refractivity contribution < 1.29 is 0 Å². The first-order valence-corrected chi connectivity index (χ1v) is 10.6. The van der Waals surface area contributed by atoms with Crippen LogP contribution in [0.4, 0.5) is 11.4 Å². The number of fused-ring (bicyclic) bond motifs is 12. The van der Waals surface area contributed by atoms with E-state index in [1.54, 1.807) is 0 Å². The fourth-order valence-corrected chi connectivity index (χ4v) is 6.04. The van der Waals surface area contributed by atoms with Crippen molar-refractivity contribution >= 4 is 22.1 Å². The van der Waals surface area contributed by atoms with E-state index in [9.17, 15) is 0 Å². The maximum Gasteiger partial charge on any atom is 0.0727 e. The summed E-state index contributed by atoms with van der Waals surface area (Å²) in [6.45, 7) is 0. The largest absolute Gasteiger partial charge is 0.399 e. The standard InChI is InChI=1S/C29H20N2/c30-17-13-14-22-25(15-17)29(26-16-27(31)20-9-1-2-10-21(20)28(22)26)23-11-5-3-7-18(23)19-8-4-6-12-24(19)29/h1-16H,30-31H2. The molecule has 0 atom stereocenters. The smallest absolute Gasteiger partial charge is 0.0727 e. The van der Waals surface area contributed by atoms with Crippen molar-refractivity contribution in [1.29, 1.82) is 0 Å². The summed E-state index contributed by atoms with van der Waals surface area (Å²) in [5.41, 5.74) is 24.4. The molecule has 0 fully saturated rings. The van der Waals surface area contributed by atoms with Gasteiger partial charge < -0.3 is 11.5 Å². The van der Waals surface area contributed by atoms with Crippen LogP contribution in [0.1, 0.15) is 22.3 Å². The Morgan fingerprint density at radius 3 is 1.81 bits per heavy atom. The van der Waals surface area contributed by atoms with Crippen molar-refractivity contribution in [2.24, 2.45) is 0 Å². The van der Waals surface area contributed by atoms with Crippen LogP contribution in [0, 0.1) is 0 Å². The topological polar surface area (TPSA) is 52.0 Å². The summed E-state index contributed by atoms with van der Waals surface area (Å²) in [6.07, 6.45) is 0. The molecule has 2 heteroatoms. The first kappa shape index (κ1) is 16.7. The van der Waals surface area contributed by atoms with Crippen LogP contribution in [0.25, 0.3) is 33.0 Å². The number of rotatable bonds is 0. The Kier molecular flexibility index (Phi) is 3.00. The number of benzene rings is 5. The molecule has 0 amide bonds. The minimum atomic E-state index is -0.411. The highest BCUT2D eigenvalue weighted by atomic mass is 14.6. The van der Waals surface area contributed by atoms with Crippen LogP contribution in [0.3, 0.4) is 0 Å². The van der Waals surface area contributed by atoms with Gasteiger partial charge in [-0.2, -0.15) is 0 Å². The molecule has 0 bridgehead atoms. The van der Waals surface area contributed by atoms with E-state index in [1.165, 1.54) is 49.9 Å². The zero-order valence-electron chi connectivity index (χ0n) is 16.9. The fraction of sp³-hybridized carbons (Fsp3) is 0.0345. The molecule has 0 aliphatic heterocycles. The monoisotopic (exact) mass is 396 g/mol. The van der Waals surface area contributed by atoms with Gasteiger partial charge in [-0.15, -0.1) is 0 Å². The predicted molar refractivity (Wildman–Crippen MR) is 129 cm³/mol. The Morgan fingerprint density at radius 1 is 0.484 bits per heavy atom. The summed E-state index contributed by atoms with van der Waals surface area (Å²) < 4.78 is 0. The molecule has 0 heterocycles. The Hall–Kier alpha value is -4.04. The highest BCUT2D eigenvalue weighted by Crippen LogP contribution is 2.64. The number of hydrogen-bond donors (Lipinski definition) is 2. The molecule has 2 nitrogen and oxygen atoms in total. The number of nitrogens with two attached hydrogens (primary N) is 2. The second-order valence-corrected chi connectivity index (χ2v) is 8.58. The van der Waals surface area contributed by atoms with E-state index in [0.717, 1.165) is 16.8 Å². The molecule has 5 aromatic carbocycles. The third kappa shape index (κ3) is 1.84. The van der Waals surface area contributed by atoms with E-state index in [2.05, 4.69) is 91.0 Å². The van der Waals surface area contributed by atoms with Crippen LogP contribution in [0.15, 0.2) is 97.1 Å². The molecule has 4 N–H and O–H groups in total. The van der Waals surface area contributed by atoms with E-state index >= 15 is 0 Å². The maximum absolute atomic E-state index is 6.66. The molecule has 2 aliphatic carbocycles. The van der Waals surface area contributed by atoms with Crippen LogP contribution >= 0.6 is 0 Å². The van der Waals surface area contributed by atoms with Crippen LogP contribution < -0.4 is 11.5 Å². The Morgan fingerprint density at radius 2 is 1.10 bits per heavy atom. The van der Waals surface area contributed by atoms with Gasteiger partial charge in [0, 0.05) is 16.8 Å². The van der Waals surface area contributed by atoms with E-state index < -0.39 is 5.41 Å². The van der Waals surface area contributed by atoms with Crippen LogP contribution in [-0.4, -0.2) is 0 Å². The van der Waals surface area contributed by atoms with Gasteiger partial charge in [0.05, 0.1) is 5.41 Å². The lowest BCUT2D eigenvalue weighted by Crippen LogP contribution is -2.26. The van der Waals surface area contributed by atoms with Crippen LogP contribution in [0.5, 0.6) is 0 Å². The Labute approximate surface area is 180 Å². The molecule has 31 heavy (non-hydrogen) atoms. The van der Waals surface area contributed by atoms with Gasteiger partial charge in [-0.3, -0.25) is 0 Å². The summed E-state index contributed by atoms with van der Waals surface area (Å²) >= 11 is 0. The lowest BCUT2D eigenvalue weighted by atomic mass is 9.70. The van der Waals surface area contributed by atoms with Gasteiger partial charge in [0.1, 0.15) is 0 Å². The molecule has 0 saturated heterocycles. The molecular formula is C29H20N2. The second kappa shape index (κ2) is 5.55. The molecular weight excluding hydrogens is 376 g/mol. The summed E-state index contributed by atoms with van der Waals surface area (Å²) in [7, 11) is 0. The Bertz CT molecular complexity index is 1520. The molecule has 0 radical (unpaired) electrons. The van der Waals surface area contributed by atoms with Crippen LogP contribution in [0.2, 0.25) is 0 Å². The van der Waals surface area contributed by atoms with Crippen molar-refractivity contribution in [3.8, 4) is 22.3 Å². The lowest BCUT2D eigenvalue weighted by Gasteiger charge is -2.31. The van der Waals surface area contributed by atoms with E-state index in [0.29, 0.717) is 0 Å². The SMILES string of the molecule is Nc1ccc2c(c1)C1(c3ccccc3-c3ccccc31)c1cc(N)c3ccccc3c1-2. The van der Waals surface area contributed by atoms with E-state index in [1.807, 2.05) is 6.07 Å². The van der Waals surface area contributed by atoms with Gasteiger partial charge in [0.15, 0.2) is 0 Å². The van der Waals surface area contributed by atoms with Gasteiger partial charge in [0.25, 0.3) is 0 Å². The van der Waals surface area contributed by atoms with Crippen LogP contribution in [-0.2, 0) is 5.41 Å². The van der Waals surface area contributed by atoms with Crippen molar-refractivity contribution in [2.45, 2.75) is 5.41 Å². The molecule has 0 unspecified atom stereocenters. The van der Waals surface area contributed by atoms with Crippen molar-refractivity contribution in [1.82, 2.24) is 0 Å². The number of nitrogen functional groups attached to an aromatic ring is 2.